The van der Waals surface area contributed by atoms with Gasteiger partial charge in [-0.05, 0) is 13.0 Å². The highest BCUT2D eigenvalue weighted by atomic mass is 19.1. The van der Waals surface area contributed by atoms with Crippen molar-refractivity contribution in [2.24, 2.45) is 0 Å². The zero-order valence-corrected chi connectivity index (χ0v) is 10.3. The molecule has 0 N–H and O–H groups in total. The Balaban J connectivity index is 3.21. The molecule has 6 heteroatoms. The van der Waals surface area contributed by atoms with E-state index >= 15 is 0 Å². The van der Waals surface area contributed by atoms with E-state index in [0.717, 1.165) is 12.1 Å². The summed E-state index contributed by atoms with van der Waals surface area (Å²) in [6.45, 7) is 1.65. The SMILES string of the molecule is CCOC(=O)C(=O)c1cc(OC)c(F)cc1OC. The zero-order chi connectivity index (χ0) is 13.7. The van der Waals surface area contributed by atoms with Crippen molar-refractivity contribution >= 4 is 11.8 Å². The molecule has 0 bridgehead atoms. The normalized spacial score (nSPS) is 9.78. The summed E-state index contributed by atoms with van der Waals surface area (Å²) in [5.41, 5.74) is -0.103. The third-order valence-electron chi connectivity index (χ3n) is 2.18. The molecule has 1 aromatic carbocycles. The Kier molecular flexibility index (Phi) is 4.65. The molecule has 0 aromatic heterocycles. The molecule has 0 spiro atoms. The van der Waals surface area contributed by atoms with E-state index in [-0.39, 0.29) is 23.7 Å². The minimum Gasteiger partial charge on any atom is -0.496 e. The largest absolute Gasteiger partial charge is 0.496 e. The second-order valence-electron chi connectivity index (χ2n) is 3.24. The molecule has 0 aliphatic rings. The molecular formula is C12H13FO5. The van der Waals surface area contributed by atoms with E-state index in [4.69, 9.17) is 9.47 Å². The summed E-state index contributed by atoms with van der Waals surface area (Å²) >= 11 is 0. The summed E-state index contributed by atoms with van der Waals surface area (Å²) in [5.74, 6) is -2.82. The molecule has 0 fully saturated rings. The van der Waals surface area contributed by atoms with E-state index in [9.17, 15) is 14.0 Å². The number of hydrogen-bond acceptors (Lipinski definition) is 5. The van der Waals surface area contributed by atoms with Gasteiger partial charge in [0.05, 0.1) is 26.4 Å². The van der Waals surface area contributed by atoms with Gasteiger partial charge in [-0.25, -0.2) is 9.18 Å². The van der Waals surface area contributed by atoms with E-state index < -0.39 is 17.6 Å². The maximum Gasteiger partial charge on any atom is 0.379 e. The topological polar surface area (TPSA) is 61.8 Å². The average molecular weight is 256 g/mol. The highest BCUT2D eigenvalue weighted by molar-refractivity contribution is 6.41. The lowest BCUT2D eigenvalue weighted by Crippen LogP contribution is -2.18. The molecule has 18 heavy (non-hydrogen) atoms. The first-order chi connectivity index (χ1) is 8.54. The number of hydrogen-bond donors (Lipinski definition) is 0. The van der Waals surface area contributed by atoms with Gasteiger partial charge in [-0.1, -0.05) is 0 Å². The fourth-order valence-electron chi connectivity index (χ4n) is 1.34. The minimum absolute atomic E-state index is 0.0497. The second kappa shape index (κ2) is 6.00. The molecule has 5 nitrogen and oxygen atoms in total. The van der Waals surface area contributed by atoms with Crippen molar-refractivity contribution in [3.63, 3.8) is 0 Å². The number of esters is 1. The van der Waals surface area contributed by atoms with Gasteiger partial charge in [0.2, 0.25) is 0 Å². The minimum atomic E-state index is -1.02. The smallest absolute Gasteiger partial charge is 0.379 e. The molecule has 0 radical (unpaired) electrons. The fraction of sp³-hybridized carbons (Fsp3) is 0.333. The molecule has 0 aliphatic carbocycles. The molecule has 1 aromatic rings. The van der Waals surface area contributed by atoms with Crippen molar-refractivity contribution in [2.45, 2.75) is 6.92 Å². The Labute approximate surface area is 103 Å². The third-order valence-corrected chi connectivity index (χ3v) is 2.18. The number of methoxy groups -OCH3 is 2. The van der Waals surface area contributed by atoms with E-state index in [1.165, 1.54) is 14.2 Å². The molecule has 0 amide bonds. The van der Waals surface area contributed by atoms with Gasteiger partial charge in [-0.2, -0.15) is 0 Å². The summed E-state index contributed by atoms with van der Waals surface area (Å²) in [5, 5.41) is 0. The molecule has 0 unspecified atom stereocenters. The van der Waals surface area contributed by atoms with E-state index in [1.807, 2.05) is 0 Å². The van der Waals surface area contributed by atoms with Crippen LogP contribution in [-0.4, -0.2) is 32.6 Å². The van der Waals surface area contributed by atoms with E-state index in [0.29, 0.717) is 0 Å². The van der Waals surface area contributed by atoms with Crippen molar-refractivity contribution in [3.8, 4) is 11.5 Å². The summed E-state index contributed by atoms with van der Waals surface area (Å²) in [6.07, 6.45) is 0. The fourth-order valence-corrected chi connectivity index (χ4v) is 1.34. The molecule has 0 aliphatic heterocycles. The predicted octanol–water partition coefficient (Wildman–Crippen LogP) is 1.59. The lowest BCUT2D eigenvalue weighted by molar-refractivity contribution is -0.137. The van der Waals surface area contributed by atoms with Crippen LogP contribution in [0.3, 0.4) is 0 Å². The van der Waals surface area contributed by atoms with Gasteiger partial charge >= 0.3 is 5.97 Å². The summed E-state index contributed by atoms with van der Waals surface area (Å²) in [4.78, 5) is 23.1. The number of ketones is 1. The van der Waals surface area contributed by atoms with E-state index in [2.05, 4.69) is 4.74 Å². The Bertz CT molecular complexity index is 470. The Morgan fingerprint density at radius 3 is 2.28 bits per heavy atom. The molecular weight excluding hydrogens is 243 g/mol. The van der Waals surface area contributed by atoms with Gasteiger partial charge in [0, 0.05) is 6.07 Å². The quantitative estimate of drug-likeness (QED) is 0.455. The Morgan fingerprint density at radius 2 is 1.78 bits per heavy atom. The lowest BCUT2D eigenvalue weighted by Gasteiger charge is -2.10. The first-order valence-electron chi connectivity index (χ1n) is 5.18. The maximum atomic E-state index is 13.4. The number of carbonyl (C=O) groups excluding carboxylic acids is 2. The van der Waals surface area contributed by atoms with Gasteiger partial charge in [-0.15, -0.1) is 0 Å². The van der Waals surface area contributed by atoms with Gasteiger partial charge in [0.1, 0.15) is 5.75 Å². The maximum absolute atomic E-state index is 13.4. The van der Waals surface area contributed by atoms with Gasteiger partial charge in [-0.3, -0.25) is 4.79 Å². The molecule has 0 heterocycles. The van der Waals surface area contributed by atoms with Crippen molar-refractivity contribution in [1.82, 2.24) is 0 Å². The molecule has 0 atom stereocenters. The Morgan fingerprint density at radius 1 is 1.17 bits per heavy atom. The van der Waals surface area contributed by atoms with Crippen LogP contribution in [0.1, 0.15) is 17.3 Å². The summed E-state index contributed by atoms with van der Waals surface area (Å²) < 4.78 is 27.6. The Hall–Kier alpha value is -2.11. The summed E-state index contributed by atoms with van der Waals surface area (Å²) in [6, 6.07) is 2.08. The summed E-state index contributed by atoms with van der Waals surface area (Å²) in [7, 11) is 2.52. The third kappa shape index (κ3) is 2.77. The van der Waals surface area contributed by atoms with Crippen LogP contribution in [0.25, 0.3) is 0 Å². The standard InChI is InChI=1S/C12H13FO5/c1-4-18-12(15)11(14)7-5-10(17-3)8(13)6-9(7)16-2/h5-6H,4H2,1-3H3. The monoisotopic (exact) mass is 256 g/mol. The number of Topliss-reactive ketones (excluding diaryl/α,β-unsaturated/α-hetero) is 1. The number of rotatable bonds is 5. The molecule has 0 saturated heterocycles. The number of ether oxygens (including phenoxy) is 3. The van der Waals surface area contributed by atoms with Gasteiger partial charge in [0.15, 0.2) is 11.6 Å². The highest BCUT2D eigenvalue weighted by Gasteiger charge is 2.24. The van der Waals surface area contributed by atoms with Crippen LogP contribution < -0.4 is 9.47 Å². The van der Waals surface area contributed by atoms with Gasteiger partial charge < -0.3 is 14.2 Å². The van der Waals surface area contributed by atoms with Crippen molar-refractivity contribution in [2.75, 3.05) is 20.8 Å². The molecule has 1 rings (SSSR count). The van der Waals surface area contributed by atoms with Crippen LogP contribution in [0.15, 0.2) is 12.1 Å². The predicted molar refractivity (Wildman–Crippen MR) is 60.5 cm³/mol. The highest BCUT2D eigenvalue weighted by Crippen LogP contribution is 2.28. The number of halogens is 1. The average Bonchev–Trinajstić information content (AvgIpc) is 2.37. The number of benzene rings is 1. The van der Waals surface area contributed by atoms with E-state index in [1.54, 1.807) is 6.92 Å². The van der Waals surface area contributed by atoms with Crippen LogP contribution in [0.4, 0.5) is 4.39 Å². The van der Waals surface area contributed by atoms with Crippen molar-refractivity contribution in [3.05, 3.63) is 23.5 Å². The van der Waals surface area contributed by atoms with Crippen LogP contribution in [0.2, 0.25) is 0 Å². The van der Waals surface area contributed by atoms with Crippen LogP contribution >= 0.6 is 0 Å². The number of carbonyl (C=O) groups is 2. The zero-order valence-electron chi connectivity index (χ0n) is 10.3. The van der Waals surface area contributed by atoms with Crippen LogP contribution in [-0.2, 0) is 9.53 Å². The van der Waals surface area contributed by atoms with Gasteiger partial charge in [0.25, 0.3) is 5.78 Å². The second-order valence-corrected chi connectivity index (χ2v) is 3.24. The van der Waals surface area contributed by atoms with Crippen molar-refractivity contribution < 1.29 is 28.2 Å². The first kappa shape index (κ1) is 14.0. The van der Waals surface area contributed by atoms with Crippen molar-refractivity contribution in [1.29, 1.82) is 0 Å². The molecule has 0 saturated carbocycles. The lowest BCUT2D eigenvalue weighted by atomic mass is 10.1. The molecule has 98 valence electrons. The van der Waals surface area contributed by atoms with Crippen LogP contribution in [0, 0.1) is 5.82 Å². The first-order valence-corrected chi connectivity index (χ1v) is 5.18. The van der Waals surface area contributed by atoms with Crippen LogP contribution in [0.5, 0.6) is 11.5 Å².